The second kappa shape index (κ2) is 14.9. The first-order valence-electron chi connectivity index (χ1n) is 14.9. The predicted molar refractivity (Wildman–Crippen MR) is 166 cm³/mol. The van der Waals surface area contributed by atoms with Gasteiger partial charge in [-0.15, -0.1) is 0 Å². The Morgan fingerprint density at radius 1 is 1.23 bits per heavy atom. The molecule has 4 N–H and O–H groups in total. The number of hydrogen-bond acceptors (Lipinski definition) is 5. The molecule has 0 bridgehead atoms. The van der Waals surface area contributed by atoms with E-state index < -0.39 is 30.2 Å². The predicted octanol–water partition coefficient (Wildman–Crippen LogP) is 5.37. The molecule has 0 aromatic heterocycles. The molecule has 3 rings (SSSR count). The Bertz CT molecular complexity index is 1280. The third-order valence-electron chi connectivity index (χ3n) is 7.87. The van der Waals surface area contributed by atoms with Gasteiger partial charge in [0.15, 0.2) is 0 Å². The third kappa shape index (κ3) is 9.73. The standard InChI is InChI=1S/C33H46N4O6/c1-22(2)18-23(3)14-15-27(30(39)37-17-9-13-28(37)29(34)38)35-31(40)43-21-33(4,5)16-7-6-10-24-11-8-12-25-19-36(32(41)42)20-26(24)25/h6,8,10-12,18,27-28H,3,7,9,13-17,19-21H2,1-2,4-5H3,(H2,34,38)(H,35,40)(H,41,42)/b10-6+/t27-,28?/m0/s1. The van der Waals surface area contributed by atoms with Crippen molar-refractivity contribution in [1.29, 1.82) is 0 Å². The van der Waals surface area contributed by atoms with Gasteiger partial charge in [-0.25, -0.2) is 9.59 Å². The van der Waals surface area contributed by atoms with E-state index in [1.807, 2.05) is 58.0 Å². The summed E-state index contributed by atoms with van der Waals surface area (Å²) in [4.78, 5) is 52.4. The SMILES string of the molecule is C=C(C=C(C)C)CC[C@H](NC(=O)OCC(C)(C)CC/C=C/c1cccc2c1CN(C(=O)O)C2)C(=O)N1CCCC1C(N)=O. The van der Waals surface area contributed by atoms with Gasteiger partial charge in [-0.3, -0.25) is 14.5 Å². The molecule has 0 spiro atoms. The molecule has 1 aromatic carbocycles. The first-order chi connectivity index (χ1) is 20.3. The van der Waals surface area contributed by atoms with Crippen LogP contribution in [0.25, 0.3) is 6.08 Å². The van der Waals surface area contributed by atoms with Gasteiger partial charge < -0.3 is 25.8 Å². The lowest BCUT2D eigenvalue weighted by Crippen LogP contribution is -2.53. The number of carbonyl (C=O) groups excluding carboxylic acids is 3. The zero-order valence-corrected chi connectivity index (χ0v) is 25.9. The van der Waals surface area contributed by atoms with E-state index in [4.69, 9.17) is 10.5 Å². The molecule has 1 unspecified atom stereocenters. The number of nitrogens with one attached hydrogen (secondary N) is 1. The van der Waals surface area contributed by atoms with E-state index in [1.165, 1.54) is 9.80 Å². The Labute approximate surface area is 254 Å². The summed E-state index contributed by atoms with van der Waals surface area (Å²) in [5.74, 6) is -0.887. The number of likely N-dealkylation sites (tertiary alicyclic amines) is 1. The van der Waals surface area contributed by atoms with Crippen LogP contribution in [0, 0.1) is 5.41 Å². The monoisotopic (exact) mass is 594 g/mol. The number of alkyl carbamates (subject to hydrolysis) is 1. The average Bonchev–Trinajstić information content (AvgIpc) is 3.60. The highest BCUT2D eigenvalue weighted by atomic mass is 16.5. The van der Waals surface area contributed by atoms with Gasteiger partial charge in [0, 0.05) is 13.1 Å². The van der Waals surface area contributed by atoms with Crippen LogP contribution < -0.4 is 11.1 Å². The van der Waals surface area contributed by atoms with Crippen molar-refractivity contribution >= 4 is 30.1 Å². The number of benzene rings is 1. The topological polar surface area (TPSA) is 142 Å². The Balaban J connectivity index is 1.55. The van der Waals surface area contributed by atoms with Crippen molar-refractivity contribution in [3.63, 3.8) is 0 Å². The summed E-state index contributed by atoms with van der Waals surface area (Å²) in [6.45, 7) is 13.3. The third-order valence-corrected chi connectivity index (χ3v) is 7.87. The zero-order valence-electron chi connectivity index (χ0n) is 25.9. The number of ether oxygens (including phenoxy) is 1. The van der Waals surface area contributed by atoms with Gasteiger partial charge in [0.05, 0.1) is 13.2 Å². The highest BCUT2D eigenvalue weighted by Crippen LogP contribution is 2.28. The maximum Gasteiger partial charge on any atom is 0.407 e. The fourth-order valence-electron chi connectivity index (χ4n) is 5.53. The number of hydrogen-bond donors (Lipinski definition) is 3. The van der Waals surface area contributed by atoms with E-state index in [1.54, 1.807) is 0 Å². The lowest BCUT2D eigenvalue weighted by molar-refractivity contribution is -0.139. The second-order valence-corrected chi connectivity index (χ2v) is 12.5. The van der Waals surface area contributed by atoms with Crippen LogP contribution in [0.2, 0.25) is 0 Å². The van der Waals surface area contributed by atoms with Crippen LogP contribution in [-0.2, 0) is 27.4 Å². The fourth-order valence-corrected chi connectivity index (χ4v) is 5.53. The molecule has 1 saturated heterocycles. The highest BCUT2D eigenvalue weighted by Gasteiger charge is 2.37. The molecular formula is C33H46N4O6. The molecule has 1 fully saturated rings. The van der Waals surface area contributed by atoms with Crippen molar-refractivity contribution in [1.82, 2.24) is 15.1 Å². The smallest absolute Gasteiger partial charge is 0.407 e. The number of fused-ring (bicyclic) bond motifs is 1. The van der Waals surface area contributed by atoms with Crippen LogP contribution in [0.1, 0.15) is 82.9 Å². The van der Waals surface area contributed by atoms with Crippen molar-refractivity contribution in [2.45, 2.75) is 91.4 Å². The molecule has 2 aliphatic heterocycles. The van der Waals surface area contributed by atoms with Crippen molar-refractivity contribution in [2.24, 2.45) is 11.1 Å². The van der Waals surface area contributed by atoms with Crippen LogP contribution >= 0.6 is 0 Å². The Morgan fingerprint density at radius 2 is 1.98 bits per heavy atom. The fraction of sp³-hybridized carbons (Fsp3) is 0.515. The van der Waals surface area contributed by atoms with Crippen molar-refractivity contribution in [2.75, 3.05) is 13.2 Å². The first-order valence-corrected chi connectivity index (χ1v) is 14.9. The average molecular weight is 595 g/mol. The van der Waals surface area contributed by atoms with E-state index in [2.05, 4.69) is 18.0 Å². The Morgan fingerprint density at radius 3 is 2.65 bits per heavy atom. The van der Waals surface area contributed by atoms with Crippen molar-refractivity contribution < 1.29 is 29.0 Å². The highest BCUT2D eigenvalue weighted by molar-refractivity contribution is 5.91. The number of nitrogens with zero attached hydrogens (tertiary/aromatic N) is 2. The molecule has 1 aromatic rings. The summed E-state index contributed by atoms with van der Waals surface area (Å²) in [7, 11) is 0. The summed E-state index contributed by atoms with van der Waals surface area (Å²) < 4.78 is 5.57. The van der Waals surface area contributed by atoms with Gasteiger partial charge in [0.1, 0.15) is 12.1 Å². The van der Waals surface area contributed by atoms with Crippen LogP contribution in [0.3, 0.4) is 0 Å². The van der Waals surface area contributed by atoms with Gasteiger partial charge >= 0.3 is 12.2 Å². The molecule has 43 heavy (non-hydrogen) atoms. The maximum atomic E-state index is 13.4. The lowest BCUT2D eigenvalue weighted by Gasteiger charge is -2.28. The molecule has 234 valence electrons. The minimum atomic E-state index is -0.923. The Hall–Kier alpha value is -4.08. The van der Waals surface area contributed by atoms with Crippen LogP contribution in [0.5, 0.6) is 0 Å². The quantitative estimate of drug-likeness (QED) is 0.262. The molecule has 4 amide bonds. The summed E-state index contributed by atoms with van der Waals surface area (Å²) >= 11 is 0. The van der Waals surface area contributed by atoms with Gasteiger partial charge in [0.2, 0.25) is 11.8 Å². The Kier molecular flexibility index (Phi) is 11.6. The minimum absolute atomic E-state index is 0.153. The summed E-state index contributed by atoms with van der Waals surface area (Å²) in [6.07, 6.45) is 7.89. The molecule has 0 saturated carbocycles. The number of carboxylic acid groups (broad SMARTS) is 1. The number of carbonyl (C=O) groups is 4. The van der Waals surface area contributed by atoms with Crippen molar-refractivity contribution in [3.05, 3.63) is 64.8 Å². The van der Waals surface area contributed by atoms with Crippen LogP contribution in [0.15, 0.2) is 48.1 Å². The van der Waals surface area contributed by atoms with Gasteiger partial charge in [-0.2, -0.15) is 0 Å². The number of primary amides is 1. The number of allylic oxidation sites excluding steroid dienone is 4. The van der Waals surface area contributed by atoms with E-state index in [0.717, 1.165) is 40.7 Å². The van der Waals surface area contributed by atoms with E-state index in [9.17, 15) is 24.3 Å². The molecule has 2 atom stereocenters. The number of amides is 4. The normalized spacial score (nSPS) is 17.0. The lowest BCUT2D eigenvalue weighted by atomic mass is 9.88. The van der Waals surface area contributed by atoms with E-state index in [0.29, 0.717) is 45.3 Å². The van der Waals surface area contributed by atoms with Gasteiger partial charge in [-0.05, 0) is 74.5 Å². The molecular weight excluding hydrogens is 548 g/mol. The van der Waals surface area contributed by atoms with Crippen LogP contribution in [-0.4, -0.2) is 64.1 Å². The number of nitrogens with two attached hydrogens (primary N) is 1. The molecule has 10 nitrogen and oxygen atoms in total. The van der Waals surface area contributed by atoms with Crippen LogP contribution in [0.4, 0.5) is 9.59 Å². The van der Waals surface area contributed by atoms with E-state index in [-0.39, 0.29) is 17.9 Å². The molecule has 2 aliphatic rings. The van der Waals surface area contributed by atoms with Gasteiger partial charge in [0.25, 0.3) is 0 Å². The molecule has 0 aliphatic carbocycles. The minimum Gasteiger partial charge on any atom is -0.465 e. The zero-order chi connectivity index (χ0) is 31.7. The largest absolute Gasteiger partial charge is 0.465 e. The summed E-state index contributed by atoms with van der Waals surface area (Å²) in [5.41, 5.74) is 10.2. The first kappa shape index (κ1) is 33.4. The molecule has 0 radical (unpaired) electrons. The molecule has 10 heteroatoms. The van der Waals surface area contributed by atoms with Crippen molar-refractivity contribution in [3.8, 4) is 0 Å². The summed E-state index contributed by atoms with van der Waals surface area (Å²) in [5, 5.41) is 12.1. The van der Waals surface area contributed by atoms with E-state index >= 15 is 0 Å². The van der Waals surface area contributed by atoms with Gasteiger partial charge in [-0.1, -0.05) is 68.0 Å². The second-order valence-electron chi connectivity index (χ2n) is 12.5. The molecule has 2 heterocycles. The maximum absolute atomic E-state index is 13.4. The number of rotatable bonds is 13. The summed E-state index contributed by atoms with van der Waals surface area (Å²) in [6, 6.07) is 4.34.